The van der Waals surface area contributed by atoms with E-state index in [4.69, 9.17) is 16.9 Å². The first kappa shape index (κ1) is 18.4. The smallest absolute Gasteiger partial charge is 0.0905 e. The van der Waals surface area contributed by atoms with Gasteiger partial charge in [-0.15, -0.1) is 0 Å². The molecule has 0 heterocycles. The van der Waals surface area contributed by atoms with Gasteiger partial charge in [0.1, 0.15) is 0 Å². The lowest BCUT2D eigenvalue weighted by molar-refractivity contribution is 1.54. The van der Waals surface area contributed by atoms with Gasteiger partial charge in [0.25, 0.3) is 0 Å². The lowest BCUT2D eigenvalue weighted by Crippen LogP contribution is -1.64. The SMILES string of the molecule is C=CC#N.C=Cc1ccccc1.ClC=Cc1ccccc1. The zero-order valence-electron chi connectivity index (χ0n) is 11.8. The van der Waals surface area contributed by atoms with Gasteiger partial charge in [-0.25, -0.2) is 0 Å². The number of rotatable bonds is 2. The molecular weight excluding hydrogens is 278 g/mol. The van der Waals surface area contributed by atoms with Crippen molar-refractivity contribution in [3.63, 3.8) is 0 Å². The van der Waals surface area contributed by atoms with E-state index in [2.05, 4.69) is 13.2 Å². The summed E-state index contributed by atoms with van der Waals surface area (Å²) in [6.45, 7) is 6.75. The maximum absolute atomic E-state index is 7.51. The molecule has 0 bridgehead atoms. The molecule has 0 N–H and O–H groups in total. The molecule has 0 saturated carbocycles. The summed E-state index contributed by atoms with van der Waals surface area (Å²) < 4.78 is 0. The van der Waals surface area contributed by atoms with E-state index >= 15 is 0 Å². The molecule has 0 saturated heterocycles. The standard InChI is InChI=1S/C8H7Cl.C8H8.C3H3N/c9-7-6-8-4-2-1-3-5-8;1-2-8-6-4-3-5-7-8;1-2-3-4/h1-7H;2-7H,1H2;2H,1H2. The average Bonchev–Trinajstić information content (AvgIpc) is 2.58. The van der Waals surface area contributed by atoms with E-state index in [1.165, 1.54) is 17.2 Å². The van der Waals surface area contributed by atoms with Crippen LogP contribution in [0.4, 0.5) is 0 Å². The molecule has 0 atom stereocenters. The molecule has 1 nitrogen and oxygen atoms in total. The second-order valence-electron chi connectivity index (χ2n) is 3.65. The van der Waals surface area contributed by atoms with Crippen molar-refractivity contribution in [2.24, 2.45) is 0 Å². The van der Waals surface area contributed by atoms with Crippen molar-refractivity contribution in [2.45, 2.75) is 0 Å². The summed E-state index contributed by atoms with van der Waals surface area (Å²) >= 11 is 5.36. The normalized spacial score (nSPS) is 8.38. The van der Waals surface area contributed by atoms with Gasteiger partial charge in [0.15, 0.2) is 0 Å². The van der Waals surface area contributed by atoms with Crippen LogP contribution in [0.2, 0.25) is 0 Å². The molecule has 0 spiro atoms. The Balaban J connectivity index is 0.000000308. The van der Waals surface area contributed by atoms with E-state index in [1.54, 1.807) is 6.07 Å². The first-order valence-corrected chi connectivity index (χ1v) is 6.72. The lowest BCUT2D eigenvalue weighted by Gasteiger charge is -1.86. The van der Waals surface area contributed by atoms with Gasteiger partial charge < -0.3 is 0 Å². The van der Waals surface area contributed by atoms with Gasteiger partial charge in [-0.05, 0) is 17.2 Å². The molecule has 2 aromatic rings. The molecule has 2 aromatic carbocycles. The number of halogens is 1. The molecule has 0 aliphatic carbocycles. The molecule has 0 amide bonds. The van der Waals surface area contributed by atoms with Crippen molar-refractivity contribution < 1.29 is 0 Å². The Morgan fingerprint density at radius 3 is 1.57 bits per heavy atom. The van der Waals surface area contributed by atoms with Crippen LogP contribution in [0.1, 0.15) is 11.1 Å². The van der Waals surface area contributed by atoms with Crippen LogP contribution >= 0.6 is 11.6 Å². The van der Waals surface area contributed by atoms with E-state index in [9.17, 15) is 0 Å². The second-order valence-corrected chi connectivity index (χ2v) is 3.90. The highest BCUT2D eigenvalue weighted by Gasteiger charge is 1.78. The maximum atomic E-state index is 7.51. The van der Waals surface area contributed by atoms with Crippen molar-refractivity contribution in [1.29, 1.82) is 5.26 Å². The minimum Gasteiger partial charge on any atom is -0.193 e. The lowest BCUT2D eigenvalue weighted by atomic mass is 10.2. The molecule has 106 valence electrons. The summed E-state index contributed by atoms with van der Waals surface area (Å²) in [6.07, 6.45) is 4.86. The Morgan fingerprint density at radius 1 is 0.857 bits per heavy atom. The maximum Gasteiger partial charge on any atom is 0.0905 e. The van der Waals surface area contributed by atoms with Gasteiger partial charge in [-0.2, -0.15) is 5.26 Å². The number of hydrogen-bond donors (Lipinski definition) is 0. The van der Waals surface area contributed by atoms with Crippen molar-refractivity contribution >= 4 is 23.8 Å². The van der Waals surface area contributed by atoms with Gasteiger partial charge in [0.05, 0.1) is 6.07 Å². The van der Waals surface area contributed by atoms with Crippen molar-refractivity contribution in [1.82, 2.24) is 0 Å². The molecule has 0 fully saturated rings. The number of benzene rings is 2. The molecule has 2 heteroatoms. The fraction of sp³-hybridized carbons (Fsp3) is 0. The highest BCUT2D eigenvalue weighted by atomic mass is 35.5. The minimum atomic E-state index is 1.13. The summed E-state index contributed by atoms with van der Waals surface area (Å²) in [4.78, 5) is 0. The predicted molar refractivity (Wildman–Crippen MR) is 93.7 cm³/mol. The fourth-order valence-electron chi connectivity index (χ4n) is 1.23. The third kappa shape index (κ3) is 11.0. The summed E-state index contributed by atoms with van der Waals surface area (Å²) in [5.41, 5.74) is 3.81. The molecular formula is C19H18ClN. The zero-order valence-corrected chi connectivity index (χ0v) is 12.6. The molecule has 0 unspecified atom stereocenters. The van der Waals surface area contributed by atoms with Crippen molar-refractivity contribution in [3.8, 4) is 6.07 Å². The van der Waals surface area contributed by atoms with Gasteiger partial charge >= 0.3 is 0 Å². The number of nitriles is 1. The third-order valence-corrected chi connectivity index (χ3v) is 2.31. The van der Waals surface area contributed by atoms with Gasteiger partial charge in [-0.3, -0.25) is 0 Å². The second kappa shape index (κ2) is 13.9. The van der Waals surface area contributed by atoms with E-state index in [0.29, 0.717) is 0 Å². The Hall–Kier alpha value is -2.56. The van der Waals surface area contributed by atoms with E-state index in [-0.39, 0.29) is 0 Å². The highest BCUT2D eigenvalue weighted by molar-refractivity contribution is 6.27. The van der Waals surface area contributed by atoms with Crippen LogP contribution in [-0.4, -0.2) is 0 Å². The summed E-state index contributed by atoms with van der Waals surface area (Å²) in [7, 11) is 0. The van der Waals surface area contributed by atoms with Crippen LogP contribution in [0.3, 0.4) is 0 Å². The van der Waals surface area contributed by atoms with Gasteiger partial charge in [0, 0.05) is 11.6 Å². The van der Waals surface area contributed by atoms with Crippen LogP contribution in [0.25, 0.3) is 12.2 Å². The Bertz CT molecular complexity index is 566. The Labute approximate surface area is 132 Å². The third-order valence-electron chi connectivity index (χ3n) is 2.18. The molecule has 0 aliphatic heterocycles. The zero-order chi connectivity index (χ0) is 15.8. The molecule has 2 rings (SSSR count). The van der Waals surface area contributed by atoms with Crippen molar-refractivity contribution in [2.75, 3.05) is 0 Å². The average molecular weight is 296 g/mol. The van der Waals surface area contributed by atoms with Crippen molar-refractivity contribution in [3.05, 3.63) is 96.6 Å². The Morgan fingerprint density at radius 2 is 1.29 bits per heavy atom. The summed E-state index contributed by atoms with van der Waals surface area (Å²) in [5, 5.41) is 7.51. The quantitative estimate of drug-likeness (QED) is 0.631. The largest absolute Gasteiger partial charge is 0.193 e. The minimum absolute atomic E-state index is 1.13. The molecule has 0 aliphatic rings. The first-order chi connectivity index (χ1) is 10.3. The van der Waals surface area contributed by atoms with Crippen LogP contribution < -0.4 is 0 Å². The van der Waals surface area contributed by atoms with Crippen LogP contribution in [0.5, 0.6) is 0 Å². The Kier molecular flexibility index (Phi) is 12.2. The van der Waals surface area contributed by atoms with E-state index in [1.807, 2.05) is 72.8 Å². The van der Waals surface area contributed by atoms with Crippen LogP contribution in [0.15, 0.2) is 85.4 Å². The molecule has 0 aromatic heterocycles. The first-order valence-electron chi connectivity index (χ1n) is 6.28. The topological polar surface area (TPSA) is 23.8 Å². The number of allylic oxidation sites excluding steroid dienone is 1. The predicted octanol–water partition coefficient (Wildman–Crippen LogP) is 5.92. The molecule has 0 radical (unpaired) electrons. The monoisotopic (exact) mass is 295 g/mol. The number of hydrogen-bond acceptors (Lipinski definition) is 1. The van der Waals surface area contributed by atoms with Gasteiger partial charge in [0.2, 0.25) is 0 Å². The van der Waals surface area contributed by atoms with Crippen LogP contribution in [0, 0.1) is 11.3 Å². The summed E-state index contributed by atoms with van der Waals surface area (Å²) in [6, 6.07) is 21.7. The number of nitrogens with zero attached hydrogens (tertiary/aromatic N) is 1. The highest BCUT2D eigenvalue weighted by Crippen LogP contribution is 2.00. The van der Waals surface area contributed by atoms with Crippen LogP contribution in [-0.2, 0) is 0 Å². The summed E-state index contributed by atoms with van der Waals surface area (Å²) in [5.74, 6) is 0. The fourth-order valence-corrected chi connectivity index (χ4v) is 1.37. The van der Waals surface area contributed by atoms with E-state index < -0.39 is 0 Å². The molecule has 21 heavy (non-hydrogen) atoms. The van der Waals surface area contributed by atoms with Gasteiger partial charge in [-0.1, -0.05) is 91.5 Å². The van der Waals surface area contributed by atoms with E-state index in [0.717, 1.165) is 5.56 Å².